The number of amides is 5. The number of hydrogen-bond donors (Lipinski definition) is 13. The summed E-state index contributed by atoms with van der Waals surface area (Å²) in [6.45, 7) is 1.67. The highest BCUT2D eigenvalue weighted by atomic mass is 16.3. The van der Waals surface area contributed by atoms with Crippen molar-refractivity contribution in [2.45, 2.75) is 139 Å². The smallest absolute Gasteiger partial charge is 0.243 e. The Morgan fingerprint density at radius 3 is 1.62 bits per heavy atom. The number of guanidine groups is 1. The summed E-state index contributed by atoms with van der Waals surface area (Å²) in [5.74, 6) is -8.42. The Morgan fingerprint density at radius 2 is 1.03 bits per heavy atom. The zero-order valence-electron chi connectivity index (χ0n) is 52.6. The third kappa shape index (κ3) is 24.0. The Kier molecular flexibility index (Phi) is 29.5. The van der Waals surface area contributed by atoms with Crippen LogP contribution >= 0.6 is 0 Å². The number of fused-ring (bicyclic) bond motifs is 1. The van der Waals surface area contributed by atoms with Crippen LogP contribution in [0.4, 0.5) is 0 Å². The number of carbonyl (C=O) groups is 9. The molecular weight excluding hydrogens is 1180 g/mol. The standard InChI is InChI=1S/C70H90N12O11/c1-44(84)64(63(88)38-49(43-83)34-45-16-5-2-6-17-45)82-65(89)50(22-13-14-31-71)40-61(86)60(39-52-42-77-56-24-12-11-23-54(52)56)80-66(90)51(35-46-18-7-3-8-19-46)41-62(87)59(37-47-20-9-4-10-21-47)81-68(92)57(25-15-33-76-70(74)75)79-69(93)58(30-32-72)78-67(91)55(73)36-48-26-28-53(85)29-27-48/h2-12,16-21,23-24,26-29,42-44,49-51,55,57-60,64,77,84-85H,13-15,22,25,30-41,71-73H2,1H3,(H,78,91)(H,79,93)(H,80,90)(H,81,92)(H,82,89)(H4,74,75,76)/t44-,49-,50-,51-,55+,57+,58-,59+,60-,64+/m1/s1. The quantitative estimate of drug-likeness (QED) is 0.0114. The third-order valence-corrected chi connectivity index (χ3v) is 16.3. The molecular formula is C70H90N12O11. The molecule has 0 saturated carbocycles. The first-order valence-electron chi connectivity index (χ1n) is 31.6. The molecule has 0 unspecified atom stereocenters. The Labute approximate surface area is 542 Å². The van der Waals surface area contributed by atoms with Gasteiger partial charge in [-0.3, -0.25) is 43.3 Å². The van der Waals surface area contributed by atoms with Gasteiger partial charge in [0.25, 0.3) is 0 Å². The van der Waals surface area contributed by atoms with Crippen molar-refractivity contribution in [1.82, 2.24) is 31.6 Å². The van der Waals surface area contributed by atoms with Gasteiger partial charge in [-0.25, -0.2) is 0 Å². The van der Waals surface area contributed by atoms with Crippen molar-refractivity contribution in [1.29, 1.82) is 0 Å². The van der Waals surface area contributed by atoms with Crippen molar-refractivity contribution in [3.05, 3.63) is 174 Å². The second kappa shape index (κ2) is 37.8. The SMILES string of the molecule is C[C@@H](O)[C@H](NC(=O)[C@H](CCCCN)CC(=O)[C@@H](Cc1c[nH]c2ccccc12)NC(=O)[C@@H](CC(=O)[C@H](Cc1ccccc1)NC(=O)[C@H](CCCN=C(N)N)NC(=O)[C@@H](CCN)NC(=O)[C@@H](N)Cc1ccc(O)cc1)Cc1ccccc1)C(=O)C[C@H](C=O)Cc1ccccc1. The van der Waals surface area contributed by atoms with Crippen LogP contribution < -0.4 is 55.3 Å². The van der Waals surface area contributed by atoms with Gasteiger partial charge in [0.05, 0.1) is 24.2 Å². The number of phenolic OH excluding ortho intramolecular Hbond substituents is 1. The summed E-state index contributed by atoms with van der Waals surface area (Å²) in [7, 11) is 0. The zero-order valence-corrected chi connectivity index (χ0v) is 52.6. The number of aromatic amines is 1. The van der Waals surface area contributed by atoms with Gasteiger partial charge in [0.2, 0.25) is 29.5 Å². The number of nitrogens with one attached hydrogen (secondary N) is 6. The molecule has 0 fully saturated rings. The maximum Gasteiger partial charge on any atom is 0.243 e. The summed E-state index contributed by atoms with van der Waals surface area (Å²) in [6.07, 6.45) is 1.29. The number of benzene rings is 5. The number of nitrogens with zero attached hydrogens (tertiary/aromatic N) is 1. The van der Waals surface area contributed by atoms with Crippen LogP contribution in [0.1, 0.15) is 92.5 Å². The Morgan fingerprint density at radius 1 is 0.516 bits per heavy atom. The fourth-order valence-corrected chi connectivity index (χ4v) is 11.2. The van der Waals surface area contributed by atoms with E-state index < -0.39 is 120 Å². The number of hydrogen-bond acceptors (Lipinski definition) is 15. The number of aliphatic imine (C=N–C) groups is 1. The molecule has 0 aliphatic heterocycles. The number of phenols is 1. The van der Waals surface area contributed by atoms with Gasteiger partial charge < -0.3 is 75.2 Å². The lowest BCUT2D eigenvalue weighted by atomic mass is 9.87. The van der Waals surface area contributed by atoms with Crippen LogP contribution in [0, 0.1) is 17.8 Å². The van der Waals surface area contributed by atoms with Crippen molar-refractivity contribution in [2.24, 2.45) is 51.4 Å². The molecule has 23 nitrogen and oxygen atoms in total. The third-order valence-electron chi connectivity index (χ3n) is 16.3. The van der Waals surface area contributed by atoms with Crippen LogP contribution in [-0.2, 0) is 75.3 Å². The monoisotopic (exact) mass is 1270 g/mol. The molecule has 1 heterocycles. The van der Waals surface area contributed by atoms with Crippen LogP contribution in [-0.4, -0.2) is 136 Å². The Hall–Kier alpha value is -9.42. The van der Waals surface area contributed by atoms with Gasteiger partial charge in [0, 0.05) is 67.1 Å². The fraction of sp³-hybridized carbons (Fsp3) is 0.400. The summed E-state index contributed by atoms with van der Waals surface area (Å²) in [6, 6.07) is 32.8. The summed E-state index contributed by atoms with van der Waals surface area (Å²) in [4.78, 5) is 136. The fourth-order valence-electron chi connectivity index (χ4n) is 11.2. The van der Waals surface area contributed by atoms with E-state index in [0.717, 1.165) is 16.5 Å². The number of aliphatic hydroxyl groups is 1. The molecule has 0 bridgehead atoms. The van der Waals surface area contributed by atoms with Crippen LogP contribution in [0.15, 0.2) is 151 Å². The number of aliphatic hydroxyl groups excluding tert-OH is 1. The Balaban J connectivity index is 1.28. The normalized spacial score (nSPS) is 14.5. The molecule has 0 spiro atoms. The molecule has 23 heteroatoms. The molecule has 5 amide bonds. The molecule has 0 saturated heterocycles. The highest BCUT2D eigenvalue weighted by molar-refractivity contribution is 5.99. The summed E-state index contributed by atoms with van der Waals surface area (Å²) in [5, 5.41) is 35.4. The number of aromatic hydroxyl groups is 1. The van der Waals surface area contributed by atoms with E-state index in [1.807, 2.05) is 54.6 Å². The Bertz CT molecular complexity index is 3420. The van der Waals surface area contributed by atoms with Gasteiger partial charge in [0.15, 0.2) is 23.3 Å². The zero-order chi connectivity index (χ0) is 67.2. The van der Waals surface area contributed by atoms with E-state index >= 15 is 14.4 Å². The van der Waals surface area contributed by atoms with Crippen LogP contribution in [0.25, 0.3) is 10.9 Å². The topological polar surface area (TPSA) is 412 Å². The van der Waals surface area contributed by atoms with E-state index in [2.05, 4.69) is 36.6 Å². The molecule has 6 rings (SSSR count). The van der Waals surface area contributed by atoms with Crippen molar-refractivity contribution in [3.63, 3.8) is 0 Å². The van der Waals surface area contributed by atoms with Gasteiger partial charge in [-0.2, -0.15) is 0 Å². The number of aromatic nitrogens is 1. The second-order valence-corrected chi connectivity index (χ2v) is 23.7. The minimum Gasteiger partial charge on any atom is -0.508 e. The van der Waals surface area contributed by atoms with Crippen molar-refractivity contribution < 1.29 is 53.4 Å². The lowest BCUT2D eigenvalue weighted by Crippen LogP contribution is -2.58. The molecule has 1 aromatic heterocycles. The van der Waals surface area contributed by atoms with Crippen LogP contribution in [0.5, 0.6) is 5.75 Å². The molecule has 10 atom stereocenters. The van der Waals surface area contributed by atoms with Gasteiger partial charge >= 0.3 is 0 Å². The van der Waals surface area contributed by atoms with E-state index in [4.69, 9.17) is 28.7 Å². The largest absolute Gasteiger partial charge is 0.508 e. The highest BCUT2D eigenvalue weighted by Gasteiger charge is 2.37. The number of carbonyl (C=O) groups excluding carboxylic acids is 9. The second-order valence-electron chi connectivity index (χ2n) is 23.7. The van der Waals surface area contributed by atoms with E-state index in [1.165, 1.54) is 19.1 Å². The number of unbranched alkanes of at least 4 members (excludes halogenated alkanes) is 1. The molecule has 6 aromatic rings. The number of nitrogens with two attached hydrogens (primary N) is 5. The summed E-state index contributed by atoms with van der Waals surface area (Å²) >= 11 is 0. The van der Waals surface area contributed by atoms with E-state index in [9.17, 15) is 39.0 Å². The first-order chi connectivity index (χ1) is 44.7. The minimum absolute atomic E-state index is 0.00389. The van der Waals surface area contributed by atoms with E-state index in [1.54, 1.807) is 79.0 Å². The van der Waals surface area contributed by atoms with Gasteiger partial charge in [0.1, 0.15) is 30.2 Å². The van der Waals surface area contributed by atoms with Gasteiger partial charge in [-0.05, 0) is 124 Å². The first kappa shape index (κ1) is 72.6. The molecule has 18 N–H and O–H groups in total. The van der Waals surface area contributed by atoms with Gasteiger partial charge in [-0.15, -0.1) is 0 Å². The van der Waals surface area contributed by atoms with E-state index in [-0.39, 0.29) is 95.6 Å². The molecule has 5 aromatic carbocycles. The minimum atomic E-state index is -1.42. The first-order valence-corrected chi connectivity index (χ1v) is 31.6. The average molecular weight is 1280 g/mol. The maximum atomic E-state index is 15.3. The van der Waals surface area contributed by atoms with Crippen molar-refractivity contribution in [2.75, 3.05) is 19.6 Å². The number of aldehydes is 1. The molecule has 0 radical (unpaired) electrons. The number of para-hydroxylation sites is 1. The number of rotatable bonds is 41. The number of ketones is 3. The highest BCUT2D eigenvalue weighted by Crippen LogP contribution is 2.25. The van der Waals surface area contributed by atoms with Crippen molar-refractivity contribution in [3.8, 4) is 5.75 Å². The lowest BCUT2D eigenvalue weighted by molar-refractivity contribution is -0.136. The predicted octanol–water partition coefficient (Wildman–Crippen LogP) is 2.98. The van der Waals surface area contributed by atoms with Crippen LogP contribution in [0.3, 0.4) is 0 Å². The van der Waals surface area contributed by atoms with E-state index in [0.29, 0.717) is 41.4 Å². The number of Topliss-reactive ketones (excluding diaryl/α,β-unsaturated/α-hetero) is 3. The summed E-state index contributed by atoms with van der Waals surface area (Å²) < 4.78 is 0. The van der Waals surface area contributed by atoms with Crippen molar-refractivity contribution >= 4 is 70.0 Å². The van der Waals surface area contributed by atoms with Crippen LogP contribution in [0.2, 0.25) is 0 Å². The maximum absolute atomic E-state index is 15.3. The summed E-state index contributed by atoms with van der Waals surface area (Å²) in [5.41, 5.74) is 33.6. The van der Waals surface area contributed by atoms with Gasteiger partial charge in [-0.1, -0.05) is 128 Å². The average Bonchev–Trinajstić information content (AvgIpc) is 1.87. The molecule has 0 aliphatic carbocycles. The predicted molar refractivity (Wildman–Crippen MR) is 355 cm³/mol. The molecule has 0 aliphatic rings. The lowest BCUT2D eigenvalue weighted by Gasteiger charge is -2.27. The molecule has 93 heavy (non-hydrogen) atoms. The molecule has 496 valence electrons. The number of H-pyrrole nitrogens is 1.